The molecule has 0 fully saturated rings. The first-order valence-corrected chi connectivity index (χ1v) is 0. The molecule has 0 aliphatic carbocycles. The van der Waals surface area contributed by atoms with Crippen LogP contribution < -0.4 is 0 Å². The van der Waals surface area contributed by atoms with E-state index in [-0.39, 0.29) is 72.7 Å². The predicted octanol–water partition coefficient (Wildman–Crippen LogP) is -0.0100. The van der Waals surface area contributed by atoms with Crippen LogP contribution in [0.3, 0.4) is 0 Å². The largest absolute Gasteiger partial charge is 0 e. The van der Waals surface area contributed by atoms with E-state index in [0.717, 1.165) is 0 Å². The average molecular weight is 289 g/mol. The van der Waals surface area contributed by atoms with Gasteiger partial charge in [-0.3, -0.25) is 0 Å². The molecule has 41 valence electrons. The van der Waals surface area contributed by atoms with Crippen molar-refractivity contribution in [3.05, 3.63) is 0 Å². The molecule has 0 spiro atoms. The smallest absolute Gasteiger partial charge is 0 e. The monoisotopic (exact) mass is 287 g/mol. The maximum absolute atomic E-state index is 0. The van der Waals surface area contributed by atoms with Crippen LogP contribution in [0.1, 0.15) is 0 Å². The second kappa shape index (κ2) is 18.7. The molecule has 0 nitrogen and oxygen atoms in total. The van der Waals surface area contributed by atoms with Crippen LogP contribution in [0.25, 0.3) is 0 Å². The van der Waals surface area contributed by atoms with Crippen LogP contribution in [-0.2, 0) is 72.7 Å². The summed E-state index contributed by atoms with van der Waals surface area (Å²) in [6.07, 6.45) is 0. The minimum atomic E-state index is 0. The summed E-state index contributed by atoms with van der Waals surface area (Å²) in [4.78, 5) is 0. The van der Waals surface area contributed by atoms with E-state index >= 15 is 0 Å². The summed E-state index contributed by atoms with van der Waals surface area (Å²) in [7, 11) is 0. The van der Waals surface area contributed by atoms with E-state index in [1.54, 1.807) is 0 Å². The normalized spacial score (nSPS) is 0. The van der Waals surface area contributed by atoms with Gasteiger partial charge in [-0.2, -0.15) is 0 Å². The molecule has 3 radical (unpaired) electrons. The minimum absolute atomic E-state index is 0. The van der Waals surface area contributed by atoms with E-state index in [0.29, 0.717) is 0 Å². The molecular weight excluding hydrogens is 289 g/mol. The second-order valence-electron chi connectivity index (χ2n) is 0. The Hall–Kier alpha value is 2.26. The topological polar surface area (TPSA) is 0 Å². The fraction of sp³-hybridized carbons (Fsp3) is 0. The van der Waals surface area contributed by atoms with Gasteiger partial charge in [0, 0.05) is 72.7 Å². The third kappa shape index (κ3) is 8.86. The van der Waals surface area contributed by atoms with Crippen LogP contribution in [0.5, 0.6) is 0 Å². The Morgan fingerprint density at radius 1 is 1.00 bits per heavy atom. The molecule has 0 bridgehead atoms. The summed E-state index contributed by atoms with van der Waals surface area (Å²) in [5.74, 6) is 0. The van der Waals surface area contributed by atoms with Gasteiger partial charge in [0.1, 0.15) is 0 Å². The first-order chi connectivity index (χ1) is 0. The molecule has 0 aromatic rings. The summed E-state index contributed by atoms with van der Waals surface area (Å²) in [6.45, 7) is 0. The molecular formula is AgCoCuNi. The molecule has 0 saturated heterocycles. The van der Waals surface area contributed by atoms with Crippen molar-refractivity contribution in [1.82, 2.24) is 0 Å². The van der Waals surface area contributed by atoms with E-state index in [1.165, 1.54) is 0 Å². The fourth-order valence-corrected chi connectivity index (χ4v) is 0. The Kier molecular flexibility index (Phi) is 158. The van der Waals surface area contributed by atoms with Crippen LogP contribution in [0.15, 0.2) is 0 Å². The fourth-order valence-electron chi connectivity index (χ4n) is 0. The zero-order chi connectivity index (χ0) is 0. The van der Waals surface area contributed by atoms with E-state index in [2.05, 4.69) is 0 Å². The quantitative estimate of drug-likeness (QED) is 0.550. The van der Waals surface area contributed by atoms with Gasteiger partial charge in [-0.25, -0.2) is 0 Å². The van der Waals surface area contributed by atoms with Crippen molar-refractivity contribution in [2.75, 3.05) is 0 Å². The van der Waals surface area contributed by atoms with Crippen LogP contribution >= 0.6 is 0 Å². The Balaban J connectivity index is 0. The molecule has 0 N–H and O–H groups in total. The van der Waals surface area contributed by atoms with Crippen LogP contribution in [0.4, 0.5) is 0 Å². The average Bonchev–Trinajstić information content (AvgIpc) is 0. The molecule has 4 heteroatoms. The standard InChI is InChI=1S/Ag.Co.Cu.Ni. The number of rotatable bonds is 0. The molecule has 0 aliphatic heterocycles. The number of hydrogen-bond donors (Lipinski definition) is 0. The van der Waals surface area contributed by atoms with Crippen molar-refractivity contribution < 1.29 is 72.7 Å². The molecule has 0 amide bonds. The van der Waals surface area contributed by atoms with Gasteiger partial charge < -0.3 is 0 Å². The molecule has 0 aromatic carbocycles. The summed E-state index contributed by atoms with van der Waals surface area (Å²) in [5.41, 5.74) is 0. The van der Waals surface area contributed by atoms with Gasteiger partial charge in [-0.05, 0) is 0 Å². The predicted molar refractivity (Wildman–Crippen MR) is 0 cm³/mol. The molecule has 4 heavy (non-hydrogen) atoms. The first-order valence-electron chi connectivity index (χ1n) is 0. The SMILES string of the molecule is [Ag].[Co].[Cu].[Ni]. The summed E-state index contributed by atoms with van der Waals surface area (Å²) in [6, 6.07) is 0. The van der Waals surface area contributed by atoms with Crippen molar-refractivity contribution in [2.45, 2.75) is 0 Å². The molecule has 0 atom stereocenters. The third-order valence-corrected chi connectivity index (χ3v) is 0. The Labute approximate surface area is 72.0 Å². The van der Waals surface area contributed by atoms with Crippen LogP contribution in [-0.4, -0.2) is 0 Å². The molecule has 0 aliphatic rings. The van der Waals surface area contributed by atoms with Crippen molar-refractivity contribution in [1.29, 1.82) is 0 Å². The molecule has 0 heterocycles. The number of hydrogen-bond acceptors (Lipinski definition) is 0. The third-order valence-electron chi connectivity index (χ3n) is 0. The maximum Gasteiger partial charge on any atom is 0 e. The van der Waals surface area contributed by atoms with Crippen molar-refractivity contribution in [2.24, 2.45) is 0 Å². The Bertz CT molecular complexity index is 8.00. The van der Waals surface area contributed by atoms with E-state index in [4.69, 9.17) is 0 Å². The molecule has 0 aromatic heterocycles. The van der Waals surface area contributed by atoms with Gasteiger partial charge >= 0.3 is 0 Å². The summed E-state index contributed by atoms with van der Waals surface area (Å²) >= 11 is 0. The van der Waals surface area contributed by atoms with E-state index in [1.807, 2.05) is 0 Å². The van der Waals surface area contributed by atoms with Crippen molar-refractivity contribution in [3.8, 4) is 0 Å². The van der Waals surface area contributed by atoms with Crippen LogP contribution in [0.2, 0.25) is 0 Å². The van der Waals surface area contributed by atoms with Crippen molar-refractivity contribution in [3.63, 3.8) is 0 Å². The molecule has 0 saturated carbocycles. The summed E-state index contributed by atoms with van der Waals surface area (Å²) in [5, 5.41) is 0. The van der Waals surface area contributed by atoms with Gasteiger partial charge in [-0.1, -0.05) is 0 Å². The Morgan fingerprint density at radius 3 is 1.00 bits per heavy atom. The van der Waals surface area contributed by atoms with Gasteiger partial charge in [0.15, 0.2) is 0 Å². The van der Waals surface area contributed by atoms with Crippen LogP contribution in [0, 0.1) is 0 Å². The zero-order valence-electron chi connectivity index (χ0n) is 1.25. The zero-order valence-corrected chi connectivity index (χ0v) is 5.71. The Morgan fingerprint density at radius 2 is 1.00 bits per heavy atom. The summed E-state index contributed by atoms with van der Waals surface area (Å²) < 4.78 is 0. The van der Waals surface area contributed by atoms with E-state index < -0.39 is 0 Å². The second-order valence-corrected chi connectivity index (χ2v) is 0. The molecule has 0 unspecified atom stereocenters. The van der Waals surface area contributed by atoms with Gasteiger partial charge in [0.2, 0.25) is 0 Å². The van der Waals surface area contributed by atoms with Gasteiger partial charge in [-0.15, -0.1) is 0 Å². The maximum atomic E-state index is 0. The van der Waals surface area contributed by atoms with Gasteiger partial charge in [0.05, 0.1) is 0 Å². The minimum Gasteiger partial charge on any atom is 0 e. The van der Waals surface area contributed by atoms with E-state index in [9.17, 15) is 0 Å². The molecule has 0 rings (SSSR count). The first kappa shape index (κ1) is 33.9. The van der Waals surface area contributed by atoms with Crippen molar-refractivity contribution >= 4 is 0 Å². The van der Waals surface area contributed by atoms with Gasteiger partial charge in [0.25, 0.3) is 0 Å².